The summed E-state index contributed by atoms with van der Waals surface area (Å²) in [4.78, 5) is 19.3. The first-order valence-corrected chi connectivity index (χ1v) is 6.77. The quantitative estimate of drug-likeness (QED) is 0.455. The van der Waals surface area contributed by atoms with E-state index >= 15 is 0 Å². The lowest BCUT2D eigenvalue weighted by atomic mass is 10.2. The number of aromatic nitrogens is 1. The standard InChI is InChI=1S/C14H7Cl2F3N2O2/c15-10-5-1-3-8(11(10)16)7-21-23-13(22)9-4-2-6-20-12(9)14(17,18)19/h1-7H/b21-7+. The zero-order valence-corrected chi connectivity index (χ0v) is 12.7. The lowest BCUT2D eigenvalue weighted by molar-refractivity contribution is -0.141. The fourth-order valence-corrected chi connectivity index (χ4v) is 1.95. The Morgan fingerprint density at radius 1 is 1.22 bits per heavy atom. The van der Waals surface area contributed by atoms with Crippen LogP contribution in [-0.4, -0.2) is 17.2 Å². The minimum Gasteiger partial charge on any atom is -0.313 e. The van der Waals surface area contributed by atoms with Gasteiger partial charge in [0.05, 0.1) is 21.8 Å². The first kappa shape index (κ1) is 17.2. The molecule has 0 aliphatic carbocycles. The van der Waals surface area contributed by atoms with Gasteiger partial charge in [0.25, 0.3) is 0 Å². The Labute approximate surface area is 138 Å². The van der Waals surface area contributed by atoms with Gasteiger partial charge in [-0.15, -0.1) is 0 Å². The van der Waals surface area contributed by atoms with Crippen molar-refractivity contribution in [1.82, 2.24) is 4.98 Å². The molecule has 23 heavy (non-hydrogen) atoms. The molecular weight excluding hydrogens is 356 g/mol. The Bertz CT molecular complexity index is 764. The maximum atomic E-state index is 12.8. The lowest BCUT2D eigenvalue weighted by Crippen LogP contribution is -2.15. The molecule has 0 saturated carbocycles. The predicted molar refractivity (Wildman–Crippen MR) is 78.7 cm³/mol. The van der Waals surface area contributed by atoms with Crippen LogP contribution in [-0.2, 0) is 11.0 Å². The van der Waals surface area contributed by atoms with Gasteiger partial charge >= 0.3 is 12.1 Å². The topological polar surface area (TPSA) is 51.5 Å². The van der Waals surface area contributed by atoms with Crippen molar-refractivity contribution in [2.45, 2.75) is 6.18 Å². The molecule has 0 N–H and O–H groups in total. The molecule has 2 aromatic rings. The van der Waals surface area contributed by atoms with Crippen LogP contribution in [0.25, 0.3) is 0 Å². The molecule has 2 rings (SSSR count). The number of carbonyl (C=O) groups is 1. The molecule has 0 bridgehead atoms. The predicted octanol–water partition coefficient (Wildman–Crippen LogP) is 4.60. The van der Waals surface area contributed by atoms with E-state index in [4.69, 9.17) is 23.2 Å². The molecule has 0 spiro atoms. The van der Waals surface area contributed by atoms with Crippen LogP contribution in [0, 0.1) is 0 Å². The zero-order chi connectivity index (χ0) is 17.0. The summed E-state index contributed by atoms with van der Waals surface area (Å²) in [6.45, 7) is 0. The van der Waals surface area contributed by atoms with Crippen molar-refractivity contribution in [2.75, 3.05) is 0 Å². The highest BCUT2D eigenvalue weighted by atomic mass is 35.5. The fourth-order valence-electron chi connectivity index (χ4n) is 1.60. The molecule has 0 fully saturated rings. The van der Waals surface area contributed by atoms with Crippen molar-refractivity contribution < 1.29 is 22.8 Å². The summed E-state index contributed by atoms with van der Waals surface area (Å²) >= 11 is 11.7. The van der Waals surface area contributed by atoms with Crippen LogP contribution in [0.4, 0.5) is 13.2 Å². The summed E-state index contributed by atoms with van der Waals surface area (Å²) in [6.07, 6.45) is -2.79. The summed E-state index contributed by atoms with van der Waals surface area (Å²) < 4.78 is 38.3. The van der Waals surface area contributed by atoms with Gasteiger partial charge in [0, 0.05) is 11.8 Å². The van der Waals surface area contributed by atoms with Gasteiger partial charge in [-0.2, -0.15) is 13.2 Å². The van der Waals surface area contributed by atoms with Gasteiger partial charge in [0.2, 0.25) is 0 Å². The smallest absolute Gasteiger partial charge is 0.313 e. The Morgan fingerprint density at radius 2 is 1.96 bits per heavy atom. The van der Waals surface area contributed by atoms with Crippen LogP contribution in [0.5, 0.6) is 0 Å². The average molecular weight is 363 g/mol. The normalized spacial score (nSPS) is 11.7. The van der Waals surface area contributed by atoms with Crippen LogP contribution in [0.1, 0.15) is 21.6 Å². The van der Waals surface area contributed by atoms with E-state index in [2.05, 4.69) is 15.0 Å². The van der Waals surface area contributed by atoms with Gasteiger partial charge in [-0.3, -0.25) is 4.98 Å². The summed E-state index contributed by atoms with van der Waals surface area (Å²) in [5.74, 6) is -1.29. The van der Waals surface area contributed by atoms with E-state index in [1.54, 1.807) is 12.1 Å². The zero-order valence-electron chi connectivity index (χ0n) is 11.1. The number of alkyl halides is 3. The second-order valence-corrected chi connectivity index (χ2v) is 4.94. The summed E-state index contributed by atoms with van der Waals surface area (Å²) in [5, 5.41) is 3.76. The number of rotatable bonds is 3. The number of hydrogen-bond donors (Lipinski definition) is 0. The monoisotopic (exact) mass is 362 g/mol. The molecule has 0 aliphatic rings. The summed E-state index contributed by atoms with van der Waals surface area (Å²) in [5.41, 5.74) is -1.75. The highest BCUT2D eigenvalue weighted by molar-refractivity contribution is 6.43. The largest absolute Gasteiger partial charge is 0.434 e. The molecule has 1 aromatic heterocycles. The van der Waals surface area contributed by atoms with Crippen molar-refractivity contribution >= 4 is 35.4 Å². The van der Waals surface area contributed by atoms with E-state index < -0.39 is 23.4 Å². The van der Waals surface area contributed by atoms with E-state index in [9.17, 15) is 18.0 Å². The number of hydrogen-bond acceptors (Lipinski definition) is 4. The average Bonchev–Trinajstić information content (AvgIpc) is 2.50. The van der Waals surface area contributed by atoms with Crippen LogP contribution >= 0.6 is 23.2 Å². The molecule has 0 atom stereocenters. The molecule has 0 saturated heterocycles. The Kier molecular flexibility index (Phi) is 5.23. The van der Waals surface area contributed by atoms with Crippen molar-refractivity contribution in [3.05, 3.63) is 63.4 Å². The Balaban J connectivity index is 2.18. The van der Waals surface area contributed by atoms with E-state index in [0.29, 0.717) is 5.56 Å². The lowest BCUT2D eigenvalue weighted by Gasteiger charge is -2.08. The second-order valence-electron chi connectivity index (χ2n) is 4.15. The number of oxime groups is 1. The molecule has 1 heterocycles. The van der Waals surface area contributed by atoms with E-state index in [0.717, 1.165) is 18.5 Å². The van der Waals surface area contributed by atoms with Crippen LogP contribution in [0.15, 0.2) is 41.7 Å². The maximum absolute atomic E-state index is 12.8. The summed E-state index contributed by atoms with van der Waals surface area (Å²) in [7, 11) is 0. The minimum atomic E-state index is -4.78. The molecule has 0 amide bonds. The van der Waals surface area contributed by atoms with Gasteiger partial charge in [0.15, 0.2) is 5.69 Å². The maximum Gasteiger partial charge on any atom is 0.434 e. The number of nitrogens with zero attached hydrogens (tertiary/aromatic N) is 2. The highest BCUT2D eigenvalue weighted by Crippen LogP contribution is 2.30. The first-order chi connectivity index (χ1) is 10.8. The van der Waals surface area contributed by atoms with Crippen LogP contribution < -0.4 is 0 Å². The third-order valence-electron chi connectivity index (χ3n) is 2.61. The molecular formula is C14H7Cl2F3N2O2. The Hall–Kier alpha value is -2.12. The van der Waals surface area contributed by atoms with Gasteiger partial charge in [-0.25, -0.2) is 4.79 Å². The fraction of sp³-hybridized carbons (Fsp3) is 0.0714. The van der Waals surface area contributed by atoms with Crippen molar-refractivity contribution in [1.29, 1.82) is 0 Å². The van der Waals surface area contributed by atoms with Crippen molar-refractivity contribution in [2.24, 2.45) is 5.16 Å². The number of halogens is 5. The number of pyridine rings is 1. The minimum absolute atomic E-state index is 0.173. The van der Waals surface area contributed by atoms with Crippen LogP contribution in [0.3, 0.4) is 0 Å². The third kappa shape index (κ3) is 4.20. The first-order valence-electron chi connectivity index (χ1n) is 6.01. The van der Waals surface area contributed by atoms with Gasteiger partial charge in [-0.05, 0) is 18.2 Å². The van der Waals surface area contributed by atoms with Crippen LogP contribution in [0.2, 0.25) is 10.0 Å². The highest BCUT2D eigenvalue weighted by Gasteiger charge is 2.37. The van der Waals surface area contributed by atoms with Crippen molar-refractivity contribution in [3.63, 3.8) is 0 Å². The molecule has 0 unspecified atom stereocenters. The number of carbonyl (C=O) groups excluding carboxylic acids is 1. The molecule has 0 aliphatic heterocycles. The van der Waals surface area contributed by atoms with Gasteiger partial charge in [-0.1, -0.05) is 40.5 Å². The molecule has 0 radical (unpaired) electrons. The molecule has 9 heteroatoms. The molecule has 4 nitrogen and oxygen atoms in total. The van der Waals surface area contributed by atoms with Gasteiger partial charge in [0.1, 0.15) is 0 Å². The van der Waals surface area contributed by atoms with Gasteiger partial charge < -0.3 is 4.84 Å². The third-order valence-corrected chi connectivity index (χ3v) is 3.44. The van der Waals surface area contributed by atoms with E-state index in [-0.39, 0.29) is 10.0 Å². The summed E-state index contributed by atoms with van der Waals surface area (Å²) in [6, 6.07) is 6.79. The Morgan fingerprint density at radius 3 is 2.65 bits per heavy atom. The van der Waals surface area contributed by atoms with E-state index in [1.165, 1.54) is 12.1 Å². The second kappa shape index (κ2) is 6.97. The van der Waals surface area contributed by atoms with Crippen molar-refractivity contribution in [3.8, 4) is 0 Å². The number of benzene rings is 1. The molecule has 1 aromatic carbocycles. The molecule has 120 valence electrons. The van der Waals surface area contributed by atoms with E-state index in [1.807, 2.05) is 0 Å². The SMILES string of the molecule is O=C(O/N=C/c1cccc(Cl)c1Cl)c1cccnc1C(F)(F)F.